The van der Waals surface area contributed by atoms with E-state index < -0.39 is 10.8 Å². The fourth-order valence-corrected chi connectivity index (χ4v) is 3.23. The number of halogens is 2. The molecule has 2 rings (SSSR count). The van der Waals surface area contributed by atoms with Crippen molar-refractivity contribution < 1.29 is 14.5 Å². The second-order valence-corrected chi connectivity index (χ2v) is 7.75. The van der Waals surface area contributed by atoms with Crippen LogP contribution in [0.1, 0.15) is 10.4 Å². The summed E-state index contributed by atoms with van der Waals surface area (Å²) in [6.07, 6.45) is 0. The number of carbonyl (C=O) groups is 2. The topological polar surface area (TPSA) is 101 Å². The normalized spacial score (nSPS) is 10.3. The average molecular weight is 473 g/mol. The van der Waals surface area contributed by atoms with E-state index in [1.54, 1.807) is 11.8 Å². The van der Waals surface area contributed by atoms with Gasteiger partial charge in [0.2, 0.25) is 5.91 Å². The lowest BCUT2D eigenvalue weighted by atomic mass is 10.2. The number of nitrogens with zero attached hydrogens (tertiary/aromatic N) is 1. The number of hydrogen-bond acceptors (Lipinski definition) is 5. The van der Waals surface area contributed by atoms with Gasteiger partial charge in [0.1, 0.15) is 5.02 Å². The average Bonchev–Trinajstić information content (AvgIpc) is 2.64. The molecule has 2 amide bonds. The molecule has 0 bridgehead atoms. The molecule has 0 fully saturated rings. The number of nitro benzene ring substituents is 1. The van der Waals surface area contributed by atoms with Crippen molar-refractivity contribution in [2.45, 2.75) is 4.90 Å². The van der Waals surface area contributed by atoms with Crippen molar-refractivity contribution in [3.8, 4) is 0 Å². The summed E-state index contributed by atoms with van der Waals surface area (Å²) in [7, 11) is 0. The molecular weight excluding hydrogens is 458 g/mol. The number of benzene rings is 2. The summed E-state index contributed by atoms with van der Waals surface area (Å²) in [5, 5.41) is 15.9. The van der Waals surface area contributed by atoms with Crippen LogP contribution in [-0.4, -0.2) is 35.6 Å². The van der Waals surface area contributed by atoms with Gasteiger partial charge in [0.15, 0.2) is 0 Å². The van der Waals surface area contributed by atoms with Crippen LogP contribution in [0.2, 0.25) is 5.02 Å². The van der Waals surface area contributed by atoms with Crippen LogP contribution in [0.25, 0.3) is 0 Å². The van der Waals surface area contributed by atoms with Gasteiger partial charge in [-0.25, -0.2) is 0 Å². The molecule has 0 aliphatic heterocycles. The van der Waals surface area contributed by atoms with Gasteiger partial charge in [-0.1, -0.05) is 27.5 Å². The third-order valence-electron chi connectivity index (χ3n) is 3.32. The molecule has 0 unspecified atom stereocenters. The molecule has 0 spiro atoms. The van der Waals surface area contributed by atoms with Crippen molar-refractivity contribution in [1.29, 1.82) is 0 Å². The van der Waals surface area contributed by atoms with Crippen LogP contribution in [0.4, 0.5) is 5.69 Å². The second kappa shape index (κ2) is 10.3. The maximum Gasteiger partial charge on any atom is 0.288 e. The van der Waals surface area contributed by atoms with Crippen LogP contribution in [0, 0.1) is 10.1 Å². The van der Waals surface area contributed by atoms with Gasteiger partial charge in [-0.2, -0.15) is 0 Å². The summed E-state index contributed by atoms with van der Waals surface area (Å²) >= 11 is 10.7. The van der Waals surface area contributed by atoms with E-state index in [0.717, 1.165) is 15.4 Å². The lowest BCUT2D eigenvalue weighted by Crippen LogP contribution is -2.37. The minimum Gasteiger partial charge on any atom is -0.354 e. The first-order valence-corrected chi connectivity index (χ1v) is 9.89. The third-order valence-corrected chi connectivity index (χ3v) is 5.18. The van der Waals surface area contributed by atoms with Crippen molar-refractivity contribution >= 4 is 56.8 Å². The summed E-state index contributed by atoms with van der Waals surface area (Å²) in [6, 6.07) is 11.5. The largest absolute Gasteiger partial charge is 0.354 e. The van der Waals surface area contributed by atoms with Crippen LogP contribution in [-0.2, 0) is 4.79 Å². The van der Waals surface area contributed by atoms with E-state index in [1.165, 1.54) is 12.1 Å². The van der Waals surface area contributed by atoms with E-state index in [0.29, 0.717) is 12.3 Å². The first-order valence-electron chi connectivity index (χ1n) is 7.74. The summed E-state index contributed by atoms with van der Waals surface area (Å²) in [5.41, 5.74) is -0.302. The molecule has 7 nitrogen and oxygen atoms in total. The van der Waals surface area contributed by atoms with Crippen LogP contribution in [0.3, 0.4) is 0 Å². The molecular formula is C17H15BrClN3O4S. The lowest BCUT2D eigenvalue weighted by Gasteiger charge is -2.07. The van der Waals surface area contributed by atoms with Gasteiger partial charge < -0.3 is 10.6 Å². The van der Waals surface area contributed by atoms with Crippen molar-refractivity contribution in [3.05, 3.63) is 67.6 Å². The minimum absolute atomic E-state index is 0.0578. The summed E-state index contributed by atoms with van der Waals surface area (Å²) in [6.45, 7) is 0.222. The van der Waals surface area contributed by atoms with Crippen LogP contribution in [0.15, 0.2) is 51.8 Å². The highest BCUT2D eigenvalue weighted by molar-refractivity contribution is 9.10. The van der Waals surface area contributed by atoms with Gasteiger partial charge in [0.05, 0.1) is 11.5 Å². The highest BCUT2D eigenvalue weighted by Crippen LogP contribution is 2.25. The second-order valence-electron chi connectivity index (χ2n) is 5.26. The Kier molecular flexibility index (Phi) is 8.08. The maximum atomic E-state index is 12.0. The fourth-order valence-electron chi connectivity index (χ4n) is 2.01. The highest BCUT2D eigenvalue weighted by Gasteiger charge is 2.16. The van der Waals surface area contributed by atoms with Gasteiger partial charge in [-0.15, -0.1) is 11.8 Å². The smallest absolute Gasteiger partial charge is 0.288 e. The van der Waals surface area contributed by atoms with Crippen LogP contribution in [0.5, 0.6) is 0 Å². The molecule has 27 heavy (non-hydrogen) atoms. The quantitative estimate of drug-likeness (QED) is 0.264. The third kappa shape index (κ3) is 6.85. The Morgan fingerprint density at radius 1 is 1.15 bits per heavy atom. The number of amides is 2. The van der Waals surface area contributed by atoms with Gasteiger partial charge in [-0.3, -0.25) is 19.7 Å². The van der Waals surface area contributed by atoms with Crippen molar-refractivity contribution in [2.24, 2.45) is 0 Å². The van der Waals surface area contributed by atoms with Gasteiger partial charge in [-0.05, 0) is 36.4 Å². The Morgan fingerprint density at radius 3 is 2.52 bits per heavy atom. The molecule has 0 atom stereocenters. The Bertz CT molecular complexity index is 849. The molecule has 0 aliphatic carbocycles. The van der Waals surface area contributed by atoms with E-state index in [9.17, 15) is 19.7 Å². The molecule has 0 heterocycles. The summed E-state index contributed by atoms with van der Waals surface area (Å²) in [5.74, 6) is -0.248. The lowest BCUT2D eigenvalue weighted by molar-refractivity contribution is -0.384. The molecule has 2 N–H and O–H groups in total. The Labute approximate surface area is 173 Å². The Hall–Kier alpha value is -2.10. The number of nitro groups is 1. The summed E-state index contributed by atoms with van der Waals surface area (Å²) < 4.78 is 1.00. The number of carbonyl (C=O) groups excluding carboxylic acids is 2. The van der Waals surface area contributed by atoms with E-state index in [1.807, 2.05) is 24.3 Å². The SMILES string of the molecule is O=C(CNC(=O)c1ccc(Cl)c([N+](=O)[O-])c1)NCCSc1ccc(Br)cc1. The first-order chi connectivity index (χ1) is 12.9. The number of nitrogens with one attached hydrogen (secondary N) is 2. The Balaban J connectivity index is 1.73. The monoisotopic (exact) mass is 471 g/mol. The van der Waals surface area contributed by atoms with Crippen LogP contribution < -0.4 is 10.6 Å². The first kappa shape index (κ1) is 21.2. The van der Waals surface area contributed by atoms with Crippen molar-refractivity contribution in [1.82, 2.24) is 10.6 Å². The highest BCUT2D eigenvalue weighted by atomic mass is 79.9. The number of rotatable bonds is 8. The Morgan fingerprint density at radius 2 is 1.85 bits per heavy atom. The molecule has 0 aromatic heterocycles. The molecule has 142 valence electrons. The van der Waals surface area contributed by atoms with Crippen LogP contribution >= 0.6 is 39.3 Å². The zero-order valence-electron chi connectivity index (χ0n) is 13.9. The summed E-state index contributed by atoms with van der Waals surface area (Å²) in [4.78, 5) is 35.1. The fraction of sp³-hybridized carbons (Fsp3) is 0.176. The molecule has 0 radical (unpaired) electrons. The number of hydrogen-bond donors (Lipinski definition) is 2. The standard InChI is InChI=1S/C17H15BrClN3O4S/c18-12-2-4-13(5-3-12)27-8-7-20-16(23)10-21-17(24)11-1-6-14(19)15(9-11)22(25)26/h1-6,9H,7-8,10H2,(H,20,23)(H,21,24). The van der Waals surface area contributed by atoms with E-state index >= 15 is 0 Å². The van der Waals surface area contributed by atoms with Gasteiger partial charge in [0, 0.05) is 33.3 Å². The zero-order valence-corrected chi connectivity index (χ0v) is 17.1. The zero-order chi connectivity index (χ0) is 19.8. The molecule has 2 aromatic rings. The molecule has 10 heteroatoms. The minimum atomic E-state index is -0.672. The van der Waals surface area contributed by atoms with E-state index in [-0.39, 0.29) is 28.7 Å². The van der Waals surface area contributed by atoms with Gasteiger partial charge >= 0.3 is 0 Å². The predicted octanol–water partition coefficient (Wildman–Crippen LogP) is 3.65. The molecule has 2 aromatic carbocycles. The van der Waals surface area contributed by atoms with Crippen molar-refractivity contribution in [2.75, 3.05) is 18.8 Å². The molecule has 0 aliphatic rings. The van der Waals surface area contributed by atoms with Crippen molar-refractivity contribution in [3.63, 3.8) is 0 Å². The molecule has 0 saturated heterocycles. The number of thioether (sulfide) groups is 1. The van der Waals surface area contributed by atoms with E-state index in [2.05, 4.69) is 26.6 Å². The maximum absolute atomic E-state index is 12.0. The van der Waals surface area contributed by atoms with E-state index in [4.69, 9.17) is 11.6 Å². The molecule has 0 saturated carbocycles. The van der Waals surface area contributed by atoms with Gasteiger partial charge in [0.25, 0.3) is 11.6 Å². The predicted molar refractivity (Wildman–Crippen MR) is 108 cm³/mol.